The number of hydrogen-bond acceptors (Lipinski definition) is 3. The first-order chi connectivity index (χ1) is 16.4. The van der Waals surface area contributed by atoms with Crippen LogP contribution in [0.5, 0.6) is 0 Å². The summed E-state index contributed by atoms with van der Waals surface area (Å²) in [6.45, 7) is 3.17. The summed E-state index contributed by atoms with van der Waals surface area (Å²) in [7, 11) is -1.10. The van der Waals surface area contributed by atoms with Gasteiger partial charge in [0.2, 0.25) is 0 Å². The minimum atomic E-state index is -4.48. The Kier molecular flexibility index (Phi) is 6.71. The second-order valence-corrected chi connectivity index (χ2v) is 10.2. The lowest BCUT2D eigenvalue weighted by atomic mass is 10.0. The summed E-state index contributed by atoms with van der Waals surface area (Å²) < 4.78 is 54.2. The van der Waals surface area contributed by atoms with Gasteiger partial charge in [0.05, 0.1) is 11.3 Å². The van der Waals surface area contributed by atoms with Gasteiger partial charge in [0.1, 0.15) is 11.4 Å². The molecule has 4 aromatic rings. The largest absolute Gasteiger partial charge is 0.416 e. The van der Waals surface area contributed by atoms with Crippen LogP contribution in [0.2, 0.25) is 0 Å². The van der Waals surface area contributed by atoms with Crippen LogP contribution in [0, 0.1) is 0 Å². The van der Waals surface area contributed by atoms with Crippen molar-refractivity contribution in [1.29, 1.82) is 0 Å². The number of imidazole rings is 1. The highest BCUT2D eigenvalue weighted by Crippen LogP contribution is 2.33. The van der Waals surface area contributed by atoms with Crippen molar-refractivity contribution < 1.29 is 22.5 Å². The minimum Gasteiger partial charge on any atom is -0.384 e. The Labute approximate surface area is 204 Å². The molecule has 4 rings (SSSR count). The number of aliphatic hydroxyl groups is 1. The molecule has 8 heteroatoms. The monoisotopic (exact) mass is 498 g/mol. The standard InChI is InChI=1S/C27H25F3N2O2S/c1-26(2,33)24-17-32(25(31-24)16-20-7-4-5-10-23(20)27(28,29)30)21-13-11-18(12-14-21)19-8-6-9-22(15-19)35(3)34/h4-15,17,33H,16H2,1-3H3. The third kappa shape index (κ3) is 5.55. The van der Waals surface area contributed by atoms with E-state index in [-0.39, 0.29) is 12.0 Å². The zero-order valence-electron chi connectivity index (χ0n) is 19.5. The summed E-state index contributed by atoms with van der Waals surface area (Å²) in [6.07, 6.45) is -1.26. The van der Waals surface area contributed by atoms with Crippen molar-refractivity contribution in [2.45, 2.75) is 36.9 Å². The lowest BCUT2D eigenvalue weighted by Gasteiger charge is -2.14. The molecule has 0 saturated carbocycles. The van der Waals surface area contributed by atoms with Crippen LogP contribution in [0.3, 0.4) is 0 Å². The van der Waals surface area contributed by atoms with Crippen LogP contribution in [0.4, 0.5) is 13.2 Å². The summed E-state index contributed by atoms with van der Waals surface area (Å²) >= 11 is 0. The van der Waals surface area contributed by atoms with Crippen molar-refractivity contribution in [3.05, 3.63) is 102 Å². The van der Waals surface area contributed by atoms with E-state index in [1.807, 2.05) is 48.5 Å². The molecule has 0 aliphatic rings. The number of aromatic nitrogens is 2. The number of rotatable bonds is 6. The molecular weight excluding hydrogens is 473 g/mol. The molecular formula is C27H25F3N2O2S. The normalized spacial score (nSPS) is 13.1. The number of benzene rings is 3. The highest BCUT2D eigenvalue weighted by molar-refractivity contribution is 7.84. The molecule has 0 saturated heterocycles. The van der Waals surface area contributed by atoms with Crippen molar-refractivity contribution in [3.8, 4) is 16.8 Å². The molecule has 35 heavy (non-hydrogen) atoms. The van der Waals surface area contributed by atoms with Gasteiger partial charge in [-0.1, -0.05) is 42.5 Å². The van der Waals surface area contributed by atoms with E-state index in [0.717, 1.165) is 22.1 Å². The van der Waals surface area contributed by atoms with Crippen molar-refractivity contribution in [3.63, 3.8) is 0 Å². The second kappa shape index (κ2) is 9.43. The van der Waals surface area contributed by atoms with Crippen molar-refractivity contribution in [2.75, 3.05) is 6.26 Å². The van der Waals surface area contributed by atoms with Gasteiger partial charge < -0.3 is 9.67 Å². The maximum atomic E-state index is 13.6. The molecule has 1 aromatic heterocycles. The van der Waals surface area contributed by atoms with E-state index >= 15 is 0 Å². The van der Waals surface area contributed by atoms with E-state index in [0.29, 0.717) is 17.2 Å². The summed E-state index contributed by atoms with van der Waals surface area (Å²) in [5.41, 5.74) is 1.02. The van der Waals surface area contributed by atoms with Crippen LogP contribution in [0.15, 0.2) is 83.9 Å². The van der Waals surface area contributed by atoms with Crippen LogP contribution in [-0.4, -0.2) is 25.1 Å². The summed E-state index contributed by atoms with van der Waals surface area (Å²) in [6, 6.07) is 20.4. The first-order valence-corrected chi connectivity index (χ1v) is 12.5. The molecule has 4 nitrogen and oxygen atoms in total. The minimum absolute atomic E-state index is 0.0577. The number of nitrogens with zero attached hydrogens (tertiary/aromatic N) is 2. The van der Waals surface area contributed by atoms with Crippen LogP contribution in [0.25, 0.3) is 16.8 Å². The quantitative estimate of drug-likeness (QED) is 0.349. The lowest BCUT2D eigenvalue weighted by molar-refractivity contribution is -0.138. The summed E-state index contributed by atoms with van der Waals surface area (Å²) in [5, 5.41) is 10.5. The molecule has 0 radical (unpaired) electrons. The Hall–Kier alpha value is -3.23. The molecule has 0 aliphatic heterocycles. The molecule has 182 valence electrons. The third-order valence-electron chi connectivity index (χ3n) is 5.72. The van der Waals surface area contributed by atoms with Gasteiger partial charge in [-0.2, -0.15) is 13.2 Å². The topological polar surface area (TPSA) is 55.1 Å². The Morgan fingerprint density at radius 2 is 1.63 bits per heavy atom. The molecule has 0 fully saturated rings. The van der Waals surface area contributed by atoms with Gasteiger partial charge in [-0.25, -0.2) is 4.98 Å². The summed E-state index contributed by atoms with van der Waals surface area (Å²) in [5.74, 6) is 0.384. The molecule has 1 N–H and O–H groups in total. The van der Waals surface area contributed by atoms with Gasteiger partial charge in [-0.15, -0.1) is 0 Å². The predicted molar refractivity (Wildman–Crippen MR) is 131 cm³/mol. The highest BCUT2D eigenvalue weighted by Gasteiger charge is 2.33. The van der Waals surface area contributed by atoms with Crippen LogP contribution in [0.1, 0.15) is 36.5 Å². The highest BCUT2D eigenvalue weighted by atomic mass is 32.2. The van der Waals surface area contributed by atoms with E-state index in [4.69, 9.17) is 0 Å². The predicted octanol–water partition coefficient (Wildman–Crippen LogP) is 6.11. The first-order valence-electron chi connectivity index (χ1n) is 10.9. The Balaban J connectivity index is 1.75. The van der Waals surface area contributed by atoms with Crippen molar-refractivity contribution in [1.82, 2.24) is 9.55 Å². The van der Waals surface area contributed by atoms with Gasteiger partial charge in [0, 0.05) is 40.3 Å². The molecule has 0 amide bonds. The molecule has 1 atom stereocenters. The zero-order valence-corrected chi connectivity index (χ0v) is 20.3. The first kappa shape index (κ1) is 24.9. The maximum absolute atomic E-state index is 13.6. The molecule has 1 unspecified atom stereocenters. The smallest absolute Gasteiger partial charge is 0.384 e. The molecule has 1 heterocycles. The molecule has 0 bridgehead atoms. The fraction of sp³-hybridized carbons (Fsp3) is 0.222. The van der Waals surface area contributed by atoms with Gasteiger partial charge >= 0.3 is 6.18 Å². The number of alkyl halides is 3. The Morgan fingerprint density at radius 1 is 0.943 bits per heavy atom. The van der Waals surface area contributed by atoms with E-state index < -0.39 is 28.1 Å². The number of halogens is 3. The van der Waals surface area contributed by atoms with Gasteiger partial charge in [-0.05, 0) is 60.9 Å². The molecule has 0 aliphatic carbocycles. The fourth-order valence-electron chi connectivity index (χ4n) is 3.85. The third-order valence-corrected chi connectivity index (χ3v) is 6.64. The zero-order chi connectivity index (χ0) is 25.4. The molecule has 3 aromatic carbocycles. The van der Waals surface area contributed by atoms with Crippen LogP contribution < -0.4 is 0 Å². The van der Waals surface area contributed by atoms with Gasteiger partial charge in [0.25, 0.3) is 0 Å². The fourth-order valence-corrected chi connectivity index (χ4v) is 4.42. The number of hydrogen-bond donors (Lipinski definition) is 1. The van der Waals surface area contributed by atoms with Crippen molar-refractivity contribution >= 4 is 10.8 Å². The average Bonchev–Trinajstić information content (AvgIpc) is 3.23. The average molecular weight is 499 g/mol. The maximum Gasteiger partial charge on any atom is 0.416 e. The Morgan fingerprint density at radius 3 is 2.26 bits per heavy atom. The van der Waals surface area contributed by atoms with Gasteiger partial charge in [0.15, 0.2) is 0 Å². The summed E-state index contributed by atoms with van der Waals surface area (Å²) in [4.78, 5) is 5.22. The lowest BCUT2D eigenvalue weighted by Crippen LogP contribution is -2.16. The van der Waals surface area contributed by atoms with Gasteiger partial charge in [-0.3, -0.25) is 4.21 Å². The van der Waals surface area contributed by atoms with E-state index in [9.17, 15) is 22.5 Å². The van der Waals surface area contributed by atoms with E-state index in [1.54, 1.807) is 36.9 Å². The second-order valence-electron chi connectivity index (χ2n) is 8.83. The Bertz CT molecular complexity index is 1370. The van der Waals surface area contributed by atoms with E-state index in [2.05, 4.69) is 4.98 Å². The molecule has 0 spiro atoms. The SMILES string of the molecule is CS(=O)c1cccc(-c2ccc(-n3cc(C(C)(C)O)nc3Cc3ccccc3C(F)(F)F)cc2)c1. The van der Waals surface area contributed by atoms with E-state index in [1.165, 1.54) is 12.1 Å². The van der Waals surface area contributed by atoms with Crippen LogP contribution >= 0.6 is 0 Å². The van der Waals surface area contributed by atoms with Crippen molar-refractivity contribution in [2.24, 2.45) is 0 Å². The van der Waals surface area contributed by atoms with Crippen LogP contribution in [-0.2, 0) is 29.0 Å².